The van der Waals surface area contributed by atoms with Gasteiger partial charge >= 0.3 is 0 Å². The van der Waals surface area contributed by atoms with Crippen molar-refractivity contribution in [1.29, 1.82) is 0 Å². The number of fused-ring (bicyclic) bond motifs is 3. The lowest BCUT2D eigenvalue weighted by atomic mass is 9.72. The van der Waals surface area contributed by atoms with Crippen LogP contribution in [0, 0.1) is 0 Å². The van der Waals surface area contributed by atoms with Gasteiger partial charge in [-0.2, -0.15) is 0 Å². The molecule has 2 heteroatoms. The van der Waals surface area contributed by atoms with Gasteiger partial charge < -0.3 is 0 Å². The smallest absolute Gasteiger partial charge is 0.0849 e. The summed E-state index contributed by atoms with van der Waals surface area (Å²) in [7, 11) is 2.20. The van der Waals surface area contributed by atoms with Crippen LogP contribution >= 0.6 is 0 Å². The van der Waals surface area contributed by atoms with Crippen LogP contribution in [0.25, 0.3) is 21.5 Å². The highest BCUT2D eigenvalue weighted by atomic mass is 14.0. The van der Waals surface area contributed by atoms with Crippen molar-refractivity contribution in [3.8, 4) is 0 Å². The first-order valence-corrected chi connectivity index (χ1v) is 6.76. The molecule has 0 nitrogen and oxygen atoms in total. The summed E-state index contributed by atoms with van der Waals surface area (Å²) in [5.74, 6) is 0. The number of benzene rings is 3. The lowest BCUT2D eigenvalue weighted by Crippen LogP contribution is -2.10. The maximum Gasteiger partial charge on any atom is 0.154 e. The standard InChI is InChI=1S/C16H16B2/c1-17-13-5-7-15-11(9-13)3-4-12-10-14(18-2)6-8-16(12)15/h3-10,17-18H,1-2H3. The van der Waals surface area contributed by atoms with E-state index in [9.17, 15) is 0 Å². The molecule has 0 unspecified atom stereocenters. The maximum atomic E-state index is 2.31. The number of rotatable bonds is 2. The molecule has 86 valence electrons. The van der Waals surface area contributed by atoms with Crippen molar-refractivity contribution in [2.75, 3.05) is 0 Å². The van der Waals surface area contributed by atoms with E-state index in [-0.39, 0.29) is 0 Å². The van der Waals surface area contributed by atoms with Crippen molar-refractivity contribution >= 4 is 47.0 Å². The van der Waals surface area contributed by atoms with E-state index in [1.807, 2.05) is 0 Å². The second-order valence-corrected chi connectivity index (χ2v) is 4.88. The minimum atomic E-state index is 1.10. The number of hydrogen-bond donors (Lipinski definition) is 0. The van der Waals surface area contributed by atoms with Crippen molar-refractivity contribution in [3.05, 3.63) is 48.5 Å². The van der Waals surface area contributed by atoms with Crippen LogP contribution in [0.2, 0.25) is 13.6 Å². The van der Waals surface area contributed by atoms with E-state index in [1.165, 1.54) is 32.5 Å². The fraction of sp³-hybridized carbons (Fsp3) is 0.125. The molecule has 0 bridgehead atoms. The molecule has 18 heavy (non-hydrogen) atoms. The van der Waals surface area contributed by atoms with Crippen molar-refractivity contribution in [3.63, 3.8) is 0 Å². The molecule has 0 aliphatic heterocycles. The van der Waals surface area contributed by atoms with E-state index in [1.54, 1.807) is 0 Å². The highest BCUT2D eigenvalue weighted by Crippen LogP contribution is 2.23. The van der Waals surface area contributed by atoms with Gasteiger partial charge in [0.1, 0.15) is 0 Å². The molecule has 0 aliphatic carbocycles. The largest absolute Gasteiger partial charge is 0.154 e. The van der Waals surface area contributed by atoms with Crippen LogP contribution in [0.3, 0.4) is 0 Å². The van der Waals surface area contributed by atoms with Gasteiger partial charge in [0.25, 0.3) is 0 Å². The van der Waals surface area contributed by atoms with Crippen LogP contribution in [-0.2, 0) is 0 Å². The zero-order chi connectivity index (χ0) is 12.5. The zero-order valence-electron chi connectivity index (χ0n) is 11.0. The van der Waals surface area contributed by atoms with Gasteiger partial charge in [0.05, 0.1) is 0 Å². The molecular formula is C16H16B2. The molecule has 3 aromatic rings. The summed E-state index contributed by atoms with van der Waals surface area (Å²) >= 11 is 0. The topological polar surface area (TPSA) is 0 Å². The van der Waals surface area contributed by atoms with Crippen LogP contribution in [-0.4, -0.2) is 14.6 Å². The first-order chi connectivity index (χ1) is 8.81. The minimum absolute atomic E-state index is 1.10. The second-order valence-electron chi connectivity index (χ2n) is 4.88. The quantitative estimate of drug-likeness (QED) is 0.467. The Balaban J connectivity index is 2.32. The molecule has 0 heterocycles. The Bertz CT molecular complexity index is 654. The predicted molar refractivity (Wildman–Crippen MR) is 86.7 cm³/mol. The molecule has 0 atom stereocenters. The van der Waals surface area contributed by atoms with E-state index in [0.29, 0.717) is 0 Å². The first kappa shape index (κ1) is 11.4. The molecule has 3 rings (SSSR count). The van der Waals surface area contributed by atoms with Crippen molar-refractivity contribution in [2.45, 2.75) is 13.6 Å². The Labute approximate surface area is 109 Å². The van der Waals surface area contributed by atoms with E-state index in [2.05, 4.69) is 62.2 Å². The minimum Gasteiger partial charge on any atom is -0.0849 e. The molecular weight excluding hydrogens is 214 g/mol. The van der Waals surface area contributed by atoms with Crippen LogP contribution < -0.4 is 10.9 Å². The van der Waals surface area contributed by atoms with E-state index in [0.717, 1.165) is 14.6 Å². The highest BCUT2D eigenvalue weighted by Gasteiger charge is 2.02. The Hall–Kier alpha value is -1.69. The van der Waals surface area contributed by atoms with Gasteiger partial charge in [0.2, 0.25) is 0 Å². The molecule has 0 aliphatic rings. The van der Waals surface area contributed by atoms with E-state index in [4.69, 9.17) is 0 Å². The maximum absolute atomic E-state index is 2.31. The third-order valence-electron chi connectivity index (χ3n) is 3.78. The van der Waals surface area contributed by atoms with Crippen molar-refractivity contribution in [2.24, 2.45) is 0 Å². The van der Waals surface area contributed by atoms with Gasteiger partial charge in [-0.3, -0.25) is 0 Å². The molecule has 0 fully saturated rings. The Kier molecular flexibility index (Phi) is 2.87. The predicted octanol–water partition coefficient (Wildman–Crippen LogP) is 2.21. The molecule has 0 saturated heterocycles. The lowest BCUT2D eigenvalue weighted by Gasteiger charge is -2.07. The molecule has 0 radical (unpaired) electrons. The molecule has 0 spiro atoms. The molecule has 3 aromatic carbocycles. The normalized spacial score (nSPS) is 10.8. The first-order valence-electron chi connectivity index (χ1n) is 6.76. The fourth-order valence-corrected chi connectivity index (χ4v) is 2.61. The lowest BCUT2D eigenvalue weighted by molar-refractivity contribution is 1.81. The Morgan fingerprint density at radius 1 is 0.611 bits per heavy atom. The van der Waals surface area contributed by atoms with E-state index < -0.39 is 0 Å². The monoisotopic (exact) mass is 230 g/mol. The summed E-state index contributed by atoms with van der Waals surface area (Å²) in [5.41, 5.74) is 2.82. The number of hydrogen-bond acceptors (Lipinski definition) is 0. The average molecular weight is 230 g/mol. The molecule has 0 aromatic heterocycles. The highest BCUT2D eigenvalue weighted by molar-refractivity contribution is 6.53. The Morgan fingerprint density at radius 3 is 1.44 bits per heavy atom. The van der Waals surface area contributed by atoms with Crippen LogP contribution in [0.4, 0.5) is 0 Å². The van der Waals surface area contributed by atoms with Crippen molar-refractivity contribution < 1.29 is 0 Å². The van der Waals surface area contributed by atoms with Gasteiger partial charge in [-0.1, -0.05) is 73.1 Å². The van der Waals surface area contributed by atoms with Crippen LogP contribution in [0.15, 0.2) is 48.5 Å². The third kappa shape index (κ3) is 1.82. The van der Waals surface area contributed by atoms with Gasteiger partial charge in [-0.15, -0.1) is 0 Å². The SMILES string of the molecule is CBc1ccc2c(ccc3cc(BC)ccc32)c1. The van der Waals surface area contributed by atoms with Gasteiger partial charge in [-0.05, 0) is 21.5 Å². The average Bonchev–Trinajstić information content (AvgIpc) is 2.45. The van der Waals surface area contributed by atoms with Crippen LogP contribution in [0.5, 0.6) is 0 Å². The van der Waals surface area contributed by atoms with Gasteiger partial charge in [0.15, 0.2) is 14.6 Å². The van der Waals surface area contributed by atoms with E-state index >= 15 is 0 Å². The zero-order valence-corrected chi connectivity index (χ0v) is 11.0. The van der Waals surface area contributed by atoms with Gasteiger partial charge in [-0.25, -0.2) is 0 Å². The second kappa shape index (κ2) is 4.53. The summed E-state index contributed by atoms with van der Waals surface area (Å²) in [6.45, 7) is 4.41. The molecule has 0 amide bonds. The Morgan fingerprint density at radius 2 is 1.06 bits per heavy atom. The molecule has 0 N–H and O–H groups in total. The van der Waals surface area contributed by atoms with Crippen molar-refractivity contribution in [1.82, 2.24) is 0 Å². The third-order valence-corrected chi connectivity index (χ3v) is 3.78. The summed E-state index contributed by atoms with van der Waals surface area (Å²) in [5, 5.41) is 5.44. The fourth-order valence-electron chi connectivity index (χ4n) is 2.61. The summed E-state index contributed by atoms with van der Waals surface area (Å²) in [6, 6.07) is 18.1. The summed E-state index contributed by atoms with van der Waals surface area (Å²) in [6.07, 6.45) is 0. The summed E-state index contributed by atoms with van der Waals surface area (Å²) < 4.78 is 0. The van der Waals surface area contributed by atoms with Crippen LogP contribution in [0.1, 0.15) is 0 Å². The van der Waals surface area contributed by atoms with Gasteiger partial charge in [0, 0.05) is 0 Å². The summed E-state index contributed by atoms with van der Waals surface area (Å²) in [4.78, 5) is 0. The molecule has 0 saturated carbocycles.